The molecule has 4 heterocycles. The van der Waals surface area contributed by atoms with E-state index in [1.807, 2.05) is 0 Å². The quantitative estimate of drug-likeness (QED) is 0.0268. The predicted octanol–water partition coefficient (Wildman–Crippen LogP) is -8.68. The summed E-state index contributed by atoms with van der Waals surface area (Å²) >= 11 is 2.94. The standard InChI is InChI=1S/C44H88N10O18S4/c45-13-25-23(55)11-21(51)41(65-25)69-37-17(47)9-19(49)39(35(37)61)71-43-33(59)29(53)31(57)27(67-43)15-73-5-1-63-3-7-75-76-8-4-64-2-6-74-16-28-32(58)30(54)34(60)44(68-28)72-40-20(50)10-18(48)38(36(40)62)70-42-22(52)12-24(56)26(14-46)66-42/h17-44,55-62H,1-16,45-54H2/t17-,18-,19+,20+,21+,22+,23-,24-,25+,26+,27+,28+,29-,30-,31+,32+,33+,34+,35-,36-,37+,38+,39-,40-,41+,42+,43+,44+/m0/s1. The average Bonchev–Trinajstić information content (AvgIpc) is 3.39. The summed E-state index contributed by atoms with van der Waals surface area (Å²) in [6, 6.07) is -6.63. The van der Waals surface area contributed by atoms with Gasteiger partial charge in [0.15, 0.2) is 25.2 Å². The van der Waals surface area contributed by atoms with Gasteiger partial charge in [-0.25, -0.2) is 0 Å². The van der Waals surface area contributed by atoms with E-state index in [9.17, 15) is 40.9 Å². The summed E-state index contributed by atoms with van der Waals surface area (Å²) in [5.41, 5.74) is 61.7. The Hall–Kier alpha value is 0.280. The number of hydrogen-bond acceptors (Lipinski definition) is 32. The van der Waals surface area contributed by atoms with Gasteiger partial charge < -0.3 is 146 Å². The Morgan fingerprint density at radius 1 is 0.368 bits per heavy atom. The van der Waals surface area contributed by atoms with Crippen molar-refractivity contribution in [1.29, 1.82) is 0 Å². The van der Waals surface area contributed by atoms with E-state index in [2.05, 4.69) is 0 Å². The maximum Gasteiger partial charge on any atom is 0.186 e. The molecule has 0 aromatic rings. The number of rotatable bonds is 27. The SMILES string of the molecule is NC[C@H]1O[C@H](O[C@H]2[C@H](O)[C@@H](O[C@H]3O[C@H](CSCCOCCSSCCOCCSC[C@H]4O[C@H](O[C@@H]5[C@@H](O)[C@H](O[C@H]6O[C@H](CN)[C@@H](O)C[C@H]6N)[C@@H](N)C[C@H]5N)[C@H](O)[C@@H](N)[C@@H]4O)[C@@H](O)[C@H](N)[C@H]3O)[C@H](N)C[C@@H]2N)[C@H](N)C[C@@H]1O. The van der Waals surface area contributed by atoms with Crippen LogP contribution in [-0.2, 0) is 47.4 Å². The zero-order chi connectivity index (χ0) is 55.4. The molecule has 0 unspecified atom stereocenters. The van der Waals surface area contributed by atoms with Gasteiger partial charge in [-0.15, -0.1) is 0 Å². The van der Waals surface area contributed by atoms with Crippen molar-refractivity contribution in [3.05, 3.63) is 0 Å². The summed E-state index contributed by atoms with van der Waals surface area (Å²) in [4.78, 5) is 0. The summed E-state index contributed by atoms with van der Waals surface area (Å²) in [6.07, 6.45) is -21.1. The number of aliphatic hydroxyl groups excluding tert-OH is 8. The van der Waals surface area contributed by atoms with Crippen molar-refractivity contribution in [2.24, 2.45) is 57.3 Å². The van der Waals surface area contributed by atoms with E-state index in [0.717, 1.165) is 11.5 Å². The first-order valence-electron chi connectivity index (χ1n) is 25.9. The molecule has 76 heavy (non-hydrogen) atoms. The van der Waals surface area contributed by atoms with Crippen molar-refractivity contribution in [3.8, 4) is 0 Å². The van der Waals surface area contributed by atoms with Gasteiger partial charge in [0.2, 0.25) is 0 Å². The molecule has 6 aliphatic rings. The minimum absolute atomic E-state index is 0.0334. The smallest absolute Gasteiger partial charge is 0.186 e. The minimum atomic E-state index is -1.44. The lowest BCUT2D eigenvalue weighted by molar-refractivity contribution is -0.309. The van der Waals surface area contributed by atoms with Gasteiger partial charge in [-0.1, -0.05) is 21.6 Å². The van der Waals surface area contributed by atoms with Gasteiger partial charge in [0.1, 0.15) is 48.8 Å². The maximum atomic E-state index is 11.4. The minimum Gasteiger partial charge on any atom is -0.390 e. The average molecular weight is 1170 g/mol. The van der Waals surface area contributed by atoms with E-state index in [1.165, 1.54) is 23.5 Å². The van der Waals surface area contributed by atoms with Gasteiger partial charge in [0.05, 0.1) is 99.4 Å². The van der Waals surface area contributed by atoms with Gasteiger partial charge in [-0.3, -0.25) is 0 Å². The van der Waals surface area contributed by atoms with Crippen LogP contribution < -0.4 is 57.3 Å². The van der Waals surface area contributed by atoms with Crippen LogP contribution in [0, 0.1) is 0 Å². The number of ether oxygens (including phenoxy) is 10. The van der Waals surface area contributed by atoms with Crippen LogP contribution in [0.1, 0.15) is 25.7 Å². The molecule has 4 saturated heterocycles. The van der Waals surface area contributed by atoms with E-state index >= 15 is 0 Å². The summed E-state index contributed by atoms with van der Waals surface area (Å²) in [5, 5.41) is 86.8. The molecule has 0 aromatic heterocycles. The zero-order valence-electron chi connectivity index (χ0n) is 42.5. The highest BCUT2D eigenvalue weighted by Gasteiger charge is 2.52. The molecule has 0 aromatic carbocycles. The molecule has 28 nitrogen and oxygen atoms in total. The third-order valence-electron chi connectivity index (χ3n) is 14.5. The van der Waals surface area contributed by atoms with Crippen LogP contribution in [0.5, 0.6) is 0 Å². The second kappa shape index (κ2) is 31.8. The highest BCUT2D eigenvalue weighted by molar-refractivity contribution is 8.76. The lowest BCUT2D eigenvalue weighted by atomic mass is 9.84. The molecule has 2 saturated carbocycles. The topological polar surface area (TPSA) is 514 Å². The van der Waals surface area contributed by atoms with Crippen LogP contribution in [0.3, 0.4) is 0 Å². The van der Waals surface area contributed by atoms with Gasteiger partial charge in [0.25, 0.3) is 0 Å². The van der Waals surface area contributed by atoms with Crippen LogP contribution in [0.2, 0.25) is 0 Å². The molecule has 6 rings (SSSR count). The third-order valence-corrected chi connectivity index (χ3v) is 18.9. The third kappa shape index (κ3) is 17.4. The molecule has 6 fully saturated rings. The first-order valence-corrected chi connectivity index (χ1v) is 30.7. The van der Waals surface area contributed by atoms with Crippen LogP contribution >= 0.6 is 45.1 Å². The molecule has 32 heteroatoms. The van der Waals surface area contributed by atoms with E-state index in [1.54, 1.807) is 21.6 Å². The number of thioether (sulfide) groups is 2. The molecule has 28 atom stereocenters. The van der Waals surface area contributed by atoms with Gasteiger partial charge in [-0.05, 0) is 25.7 Å². The number of nitrogens with two attached hydrogens (primary N) is 10. The Morgan fingerprint density at radius 3 is 1.03 bits per heavy atom. The van der Waals surface area contributed by atoms with Crippen LogP contribution in [-0.4, -0.2) is 286 Å². The largest absolute Gasteiger partial charge is 0.390 e. The molecule has 28 N–H and O–H groups in total. The van der Waals surface area contributed by atoms with Crippen LogP contribution in [0.4, 0.5) is 0 Å². The van der Waals surface area contributed by atoms with E-state index in [4.69, 9.17) is 105 Å². The molecular weight excluding hydrogens is 1080 g/mol. The van der Waals surface area contributed by atoms with Crippen molar-refractivity contribution >= 4 is 45.1 Å². The summed E-state index contributed by atoms with van der Waals surface area (Å²) in [6.45, 7) is 1.99. The zero-order valence-corrected chi connectivity index (χ0v) is 45.8. The van der Waals surface area contributed by atoms with Crippen LogP contribution in [0.25, 0.3) is 0 Å². The Bertz CT molecular complexity index is 1560. The van der Waals surface area contributed by atoms with Gasteiger partial charge in [-0.2, -0.15) is 23.5 Å². The van der Waals surface area contributed by atoms with Crippen molar-refractivity contribution < 1.29 is 88.2 Å². The highest BCUT2D eigenvalue weighted by Crippen LogP contribution is 2.34. The molecule has 4 aliphatic heterocycles. The molecular formula is C44H88N10O18S4. The van der Waals surface area contributed by atoms with Gasteiger partial charge >= 0.3 is 0 Å². The fraction of sp³-hybridized carbons (Fsp3) is 1.00. The van der Waals surface area contributed by atoms with Gasteiger partial charge in [0, 0.05) is 71.8 Å². The highest BCUT2D eigenvalue weighted by atomic mass is 33.1. The number of hydrogen-bond donors (Lipinski definition) is 18. The van der Waals surface area contributed by atoms with Crippen molar-refractivity contribution in [2.75, 3.05) is 74.0 Å². The molecule has 0 amide bonds. The second-order valence-electron chi connectivity index (χ2n) is 20.2. The summed E-state index contributed by atoms with van der Waals surface area (Å²) in [5.74, 6) is 3.30. The van der Waals surface area contributed by atoms with E-state index in [-0.39, 0.29) is 38.8 Å². The second-order valence-corrected chi connectivity index (χ2v) is 25.2. The lowest BCUT2D eigenvalue weighted by Gasteiger charge is -2.48. The van der Waals surface area contributed by atoms with Crippen molar-refractivity contribution in [2.45, 2.75) is 197 Å². The van der Waals surface area contributed by atoms with E-state index in [0.29, 0.717) is 49.4 Å². The Labute approximate surface area is 459 Å². The molecule has 446 valence electrons. The maximum absolute atomic E-state index is 11.4. The number of aliphatic hydroxyl groups is 8. The van der Waals surface area contributed by atoms with Crippen molar-refractivity contribution in [3.63, 3.8) is 0 Å². The monoisotopic (exact) mass is 1170 g/mol. The summed E-state index contributed by atoms with van der Waals surface area (Å²) in [7, 11) is 3.31. The molecule has 0 radical (unpaired) electrons. The summed E-state index contributed by atoms with van der Waals surface area (Å²) < 4.78 is 59.4. The first kappa shape index (κ1) is 65.4. The fourth-order valence-corrected chi connectivity index (χ4v) is 13.5. The normalized spacial score (nSPS) is 46.5. The molecule has 0 spiro atoms. The van der Waals surface area contributed by atoms with Crippen LogP contribution in [0.15, 0.2) is 0 Å². The van der Waals surface area contributed by atoms with Crippen molar-refractivity contribution in [1.82, 2.24) is 0 Å². The Balaban J connectivity index is 0.803. The Kier molecular flexibility index (Phi) is 27.4. The molecule has 0 bridgehead atoms. The first-order chi connectivity index (χ1) is 36.2. The molecule has 2 aliphatic carbocycles. The lowest BCUT2D eigenvalue weighted by Crippen LogP contribution is -2.68. The predicted molar refractivity (Wildman–Crippen MR) is 284 cm³/mol. The van der Waals surface area contributed by atoms with E-state index < -0.39 is 171 Å². The Morgan fingerprint density at radius 2 is 0.684 bits per heavy atom. The fourth-order valence-electron chi connectivity index (χ4n) is 9.97.